The molecule has 0 bridgehead atoms. The second-order valence-corrected chi connectivity index (χ2v) is 7.80. The van der Waals surface area contributed by atoms with Crippen molar-refractivity contribution in [2.75, 3.05) is 37.0 Å². The number of benzene rings is 1. The molecule has 1 fully saturated rings. The van der Waals surface area contributed by atoms with Gasteiger partial charge in [0.05, 0.1) is 24.3 Å². The Morgan fingerprint density at radius 2 is 2.00 bits per heavy atom. The molecule has 0 unspecified atom stereocenters. The molecule has 30 heavy (non-hydrogen) atoms. The molecule has 0 spiro atoms. The number of carbonyl (C=O) groups excluding carboxylic acids is 1. The maximum absolute atomic E-state index is 13.9. The fourth-order valence-electron chi connectivity index (χ4n) is 3.06. The molecule has 1 N–H and O–H groups in total. The monoisotopic (exact) mass is 443 g/mol. The van der Waals surface area contributed by atoms with E-state index in [4.69, 9.17) is 4.74 Å². The number of morpholine rings is 1. The van der Waals surface area contributed by atoms with Crippen LogP contribution in [0.15, 0.2) is 35.4 Å². The number of hydrogen-bond donors (Lipinski definition) is 1. The minimum absolute atomic E-state index is 0.0190. The van der Waals surface area contributed by atoms with Crippen LogP contribution in [0, 0.1) is 5.82 Å². The maximum atomic E-state index is 13.9. The van der Waals surface area contributed by atoms with Crippen molar-refractivity contribution in [3.63, 3.8) is 0 Å². The van der Waals surface area contributed by atoms with E-state index < -0.39 is 29.0 Å². The van der Waals surface area contributed by atoms with Crippen molar-refractivity contribution in [3.8, 4) is 0 Å². The molecule has 0 aliphatic carbocycles. The Labute approximate surface area is 175 Å². The third-order valence-electron chi connectivity index (χ3n) is 4.46. The van der Waals surface area contributed by atoms with Gasteiger partial charge in [0, 0.05) is 19.6 Å². The summed E-state index contributed by atoms with van der Waals surface area (Å²) in [5.41, 5.74) is -1.10. The molecule has 0 radical (unpaired) electrons. The summed E-state index contributed by atoms with van der Waals surface area (Å²) >= 11 is 1.07. The van der Waals surface area contributed by atoms with E-state index in [2.05, 4.69) is 10.3 Å². The molecule has 2 aromatic rings. The van der Waals surface area contributed by atoms with E-state index in [1.54, 1.807) is 17.9 Å². The zero-order chi connectivity index (χ0) is 21.7. The van der Waals surface area contributed by atoms with E-state index in [1.165, 1.54) is 18.2 Å². The van der Waals surface area contributed by atoms with E-state index in [9.17, 15) is 22.4 Å². The highest BCUT2D eigenvalue weighted by molar-refractivity contribution is 7.99. The van der Waals surface area contributed by atoms with Crippen LogP contribution in [0.25, 0.3) is 0 Å². The van der Waals surface area contributed by atoms with Gasteiger partial charge in [0.2, 0.25) is 0 Å². The van der Waals surface area contributed by atoms with Crippen LogP contribution in [0.4, 0.5) is 23.4 Å². The molecule has 3 rings (SSSR count). The summed E-state index contributed by atoms with van der Waals surface area (Å²) in [6.45, 7) is 3.31. The predicted molar refractivity (Wildman–Crippen MR) is 106 cm³/mol. The SMILES string of the molecule is CCSc1nc(N2CCOCC2)cc(C(F)(F)F)c1C(=O)NCc1cccc(F)c1. The van der Waals surface area contributed by atoms with Gasteiger partial charge >= 0.3 is 6.18 Å². The quantitative estimate of drug-likeness (QED) is 0.538. The molecule has 2 heterocycles. The van der Waals surface area contributed by atoms with Crippen LogP contribution in [-0.4, -0.2) is 42.9 Å². The molecule has 1 saturated heterocycles. The first-order chi connectivity index (χ1) is 14.3. The van der Waals surface area contributed by atoms with Gasteiger partial charge in [-0.05, 0) is 29.5 Å². The number of nitrogens with one attached hydrogen (secondary N) is 1. The molecule has 1 aliphatic rings. The Morgan fingerprint density at radius 1 is 1.27 bits per heavy atom. The lowest BCUT2D eigenvalue weighted by atomic mass is 10.1. The molecule has 162 valence electrons. The number of halogens is 4. The van der Waals surface area contributed by atoms with Crippen LogP contribution in [0.5, 0.6) is 0 Å². The minimum Gasteiger partial charge on any atom is -0.378 e. The van der Waals surface area contributed by atoms with Crippen LogP contribution >= 0.6 is 11.8 Å². The maximum Gasteiger partial charge on any atom is 0.417 e. The standard InChI is InChI=1S/C20H21F4N3O2S/c1-2-30-19-17(18(28)25-12-13-4-3-5-14(21)10-13)15(20(22,23)24)11-16(26-19)27-6-8-29-9-7-27/h3-5,10-11H,2,6-9,12H2,1H3,(H,25,28). The van der Waals surface area contributed by atoms with Crippen molar-refractivity contribution in [2.45, 2.75) is 24.7 Å². The number of thioether (sulfide) groups is 1. The summed E-state index contributed by atoms with van der Waals surface area (Å²) < 4.78 is 60.2. The van der Waals surface area contributed by atoms with Crippen LogP contribution in [0.3, 0.4) is 0 Å². The highest BCUT2D eigenvalue weighted by Gasteiger charge is 2.38. The molecular weight excluding hydrogens is 422 g/mol. The lowest BCUT2D eigenvalue weighted by Crippen LogP contribution is -2.37. The van der Waals surface area contributed by atoms with Gasteiger partial charge in [0.1, 0.15) is 16.7 Å². The largest absolute Gasteiger partial charge is 0.417 e. The fourth-order valence-corrected chi connectivity index (χ4v) is 3.84. The van der Waals surface area contributed by atoms with Gasteiger partial charge in [-0.2, -0.15) is 13.2 Å². The van der Waals surface area contributed by atoms with Crippen molar-refractivity contribution < 1.29 is 27.1 Å². The average Bonchev–Trinajstić information content (AvgIpc) is 2.72. The smallest absolute Gasteiger partial charge is 0.378 e. The lowest BCUT2D eigenvalue weighted by molar-refractivity contribution is -0.138. The molecule has 1 amide bonds. The summed E-state index contributed by atoms with van der Waals surface area (Å²) in [5, 5.41) is 2.48. The van der Waals surface area contributed by atoms with Gasteiger partial charge in [0.25, 0.3) is 5.91 Å². The number of carbonyl (C=O) groups is 1. The number of amides is 1. The Balaban J connectivity index is 1.96. The summed E-state index contributed by atoms with van der Waals surface area (Å²) in [7, 11) is 0. The van der Waals surface area contributed by atoms with Crippen LogP contribution in [0.2, 0.25) is 0 Å². The molecule has 10 heteroatoms. The van der Waals surface area contributed by atoms with E-state index in [-0.39, 0.29) is 17.4 Å². The molecular formula is C20H21F4N3O2S. The first-order valence-corrected chi connectivity index (χ1v) is 10.4. The summed E-state index contributed by atoms with van der Waals surface area (Å²) in [6.07, 6.45) is -4.74. The zero-order valence-corrected chi connectivity index (χ0v) is 17.1. The number of anilines is 1. The first-order valence-electron chi connectivity index (χ1n) is 9.40. The third-order valence-corrected chi connectivity index (χ3v) is 5.32. The van der Waals surface area contributed by atoms with E-state index in [0.29, 0.717) is 37.6 Å². The molecule has 1 aromatic heterocycles. The predicted octanol–water partition coefficient (Wildman–Crippen LogP) is 4.12. The Morgan fingerprint density at radius 3 is 2.63 bits per heavy atom. The topological polar surface area (TPSA) is 54.5 Å². The van der Waals surface area contributed by atoms with E-state index in [1.807, 2.05) is 0 Å². The number of pyridine rings is 1. The molecule has 1 aliphatic heterocycles. The van der Waals surface area contributed by atoms with E-state index >= 15 is 0 Å². The normalized spacial score (nSPS) is 14.6. The van der Waals surface area contributed by atoms with Gasteiger partial charge in [0.15, 0.2) is 0 Å². The van der Waals surface area contributed by atoms with Gasteiger partial charge in [-0.15, -0.1) is 11.8 Å². The zero-order valence-electron chi connectivity index (χ0n) is 16.3. The Kier molecular flexibility index (Phi) is 7.19. The van der Waals surface area contributed by atoms with Crippen LogP contribution in [0.1, 0.15) is 28.4 Å². The van der Waals surface area contributed by atoms with E-state index in [0.717, 1.165) is 17.8 Å². The highest BCUT2D eigenvalue weighted by Crippen LogP contribution is 2.38. The number of aromatic nitrogens is 1. The van der Waals surface area contributed by atoms with Gasteiger partial charge in [-0.3, -0.25) is 4.79 Å². The van der Waals surface area contributed by atoms with Crippen molar-refractivity contribution in [1.82, 2.24) is 10.3 Å². The summed E-state index contributed by atoms with van der Waals surface area (Å²) in [4.78, 5) is 18.8. The number of rotatable bonds is 6. The van der Waals surface area contributed by atoms with Crippen molar-refractivity contribution in [3.05, 3.63) is 52.8 Å². The first kappa shape index (κ1) is 22.4. The van der Waals surface area contributed by atoms with Crippen molar-refractivity contribution in [1.29, 1.82) is 0 Å². The third kappa shape index (κ3) is 5.42. The molecule has 0 saturated carbocycles. The lowest BCUT2D eigenvalue weighted by Gasteiger charge is -2.29. The Bertz CT molecular complexity index is 902. The molecule has 1 aromatic carbocycles. The molecule has 5 nitrogen and oxygen atoms in total. The van der Waals surface area contributed by atoms with Crippen molar-refractivity contribution >= 4 is 23.5 Å². The van der Waals surface area contributed by atoms with Crippen molar-refractivity contribution in [2.24, 2.45) is 0 Å². The number of ether oxygens (including phenoxy) is 1. The average molecular weight is 443 g/mol. The highest BCUT2D eigenvalue weighted by atomic mass is 32.2. The molecule has 0 atom stereocenters. The number of alkyl halides is 3. The Hall–Kier alpha value is -2.33. The number of hydrogen-bond acceptors (Lipinski definition) is 5. The van der Waals surface area contributed by atoms with Crippen LogP contribution in [-0.2, 0) is 17.5 Å². The minimum atomic E-state index is -4.74. The van der Waals surface area contributed by atoms with Gasteiger partial charge in [-0.25, -0.2) is 9.37 Å². The summed E-state index contributed by atoms with van der Waals surface area (Å²) in [5.74, 6) is -0.774. The summed E-state index contributed by atoms with van der Waals surface area (Å²) in [6, 6.07) is 6.43. The van der Waals surface area contributed by atoms with Gasteiger partial charge < -0.3 is 15.0 Å². The van der Waals surface area contributed by atoms with Crippen LogP contribution < -0.4 is 10.2 Å². The fraction of sp³-hybridized carbons (Fsp3) is 0.400. The van der Waals surface area contributed by atoms with Gasteiger partial charge in [-0.1, -0.05) is 19.1 Å². The second-order valence-electron chi connectivity index (χ2n) is 6.55. The number of nitrogens with zero attached hydrogens (tertiary/aromatic N) is 2. The second kappa shape index (κ2) is 9.65.